The van der Waals surface area contributed by atoms with Crippen LogP contribution in [0.15, 0.2) is 24.3 Å². The molecule has 27 heavy (non-hydrogen) atoms. The molecule has 1 saturated carbocycles. The molecule has 2 N–H and O–H groups in total. The van der Waals surface area contributed by atoms with Gasteiger partial charge in [0.1, 0.15) is 5.82 Å². The van der Waals surface area contributed by atoms with Crippen LogP contribution < -0.4 is 10.6 Å². The standard InChI is InChI=1S/C21H29N5O/c1-2-19-24-20-18(13-8-14-26(20)25-19)23-21(27)16-11-6-7-12-17(16)22-15-9-4-3-5-10-15/h6-7,11-12,15,18,22H,2-5,8-10,13-14H2,1H3,(H,23,27). The zero-order valence-corrected chi connectivity index (χ0v) is 16.1. The van der Waals surface area contributed by atoms with E-state index in [-0.39, 0.29) is 11.9 Å². The number of rotatable bonds is 5. The highest BCUT2D eigenvalue weighted by atomic mass is 16.1. The predicted molar refractivity (Wildman–Crippen MR) is 106 cm³/mol. The lowest BCUT2D eigenvalue weighted by Gasteiger charge is -2.26. The number of carbonyl (C=O) groups excluding carboxylic acids is 1. The van der Waals surface area contributed by atoms with Gasteiger partial charge in [0.05, 0.1) is 11.6 Å². The SMILES string of the molecule is CCc1nc2n(n1)CCCC2NC(=O)c1ccccc1NC1CCCCC1. The Kier molecular flexibility index (Phi) is 5.41. The van der Waals surface area contributed by atoms with Gasteiger partial charge in [-0.15, -0.1) is 0 Å². The third kappa shape index (κ3) is 3.99. The Labute approximate surface area is 160 Å². The van der Waals surface area contributed by atoms with Crippen molar-refractivity contribution < 1.29 is 4.79 Å². The molecule has 0 bridgehead atoms. The first-order valence-electron chi connectivity index (χ1n) is 10.3. The molecule has 0 radical (unpaired) electrons. The second-order valence-electron chi connectivity index (χ2n) is 7.66. The average molecular weight is 367 g/mol. The maximum absolute atomic E-state index is 13.1. The molecule has 1 atom stereocenters. The van der Waals surface area contributed by atoms with Gasteiger partial charge in [0.25, 0.3) is 5.91 Å². The van der Waals surface area contributed by atoms with Gasteiger partial charge in [0.2, 0.25) is 0 Å². The Morgan fingerprint density at radius 3 is 2.78 bits per heavy atom. The summed E-state index contributed by atoms with van der Waals surface area (Å²) in [4.78, 5) is 17.7. The minimum Gasteiger partial charge on any atom is -0.382 e. The van der Waals surface area contributed by atoms with Crippen LogP contribution >= 0.6 is 0 Å². The Hall–Kier alpha value is -2.37. The second kappa shape index (κ2) is 8.11. The monoisotopic (exact) mass is 367 g/mol. The summed E-state index contributed by atoms with van der Waals surface area (Å²) >= 11 is 0. The van der Waals surface area contributed by atoms with Gasteiger partial charge in [-0.25, -0.2) is 9.67 Å². The largest absolute Gasteiger partial charge is 0.382 e. The fourth-order valence-electron chi connectivity index (χ4n) is 4.20. The van der Waals surface area contributed by atoms with Gasteiger partial charge in [0.15, 0.2) is 5.82 Å². The van der Waals surface area contributed by atoms with Gasteiger partial charge in [-0.3, -0.25) is 4.79 Å². The van der Waals surface area contributed by atoms with Crippen molar-refractivity contribution in [3.63, 3.8) is 0 Å². The summed E-state index contributed by atoms with van der Waals surface area (Å²) in [7, 11) is 0. The van der Waals surface area contributed by atoms with Crippen molar-refractivity contribution in [2.75, 3.05) is 5.32 Å². The number of para-hydroxylation sites is 1. The van der Waals surface area contributed by atoms with Crippen LogP contribution in [0.4, 0.5) is 5.69 Å². The summed E-state index contributed by atoms with van der Waals surface area (Å²) < 4.78 is 1.96. The Morgan fingerprint density at radius 1 is 1.15 bits per heavy atom. The molecule has 1 aromatic carbocycles. The molecule has 1 fully saturated rings. The van der Waals surface area contributed by atoms with E-state index in [4.69, 9.17) is 0 Å². The first kappa shape index (κ1) is 18.0. The maximum atomic E-state index is 13.1. The Morgan fingerprint density at radius 2 is 1.96 bits per heavy atom. The van der Waals surface area contributed by atoms with E-state index in [0.29, 0.717) is 6.04 Å². The number of nitrogens with zero attached hydrogens (tertiary/aromatic N) is 3. The summed E-state index contributed by atoms with van der Waals surface area (Å²) in [6, 6.07) is 8.25. The summed E-state index contributed by atoms with van der Waals surface area (Å²) in [6.45, 7) is 2.94. The topological polar surface area (TPSA) is 71.8 Å². The number of anilines is 1. The molecule has 2 aliphatic rings. The zero-order chi connectivity index (χ0) is 18.6. The number of amides is 1. The van der Waals surface area contributed by atoms with Gasteiger partial charge in [-0.05, 0) is 37.8 Å². The average Bonchev–Trinajstić information content (AvgIpc) is 3.14. The number of fused-ring (bicyclic) bond motifs is 1. The summed E-state index contributed by atoms with van der Waals surface area (Å²) in [5.74, 6) is 1.71. The van der Waals surface area contributed by atoms with E-state index < -0.39 is 0 Å². The molecule has 144 valence electrons. The van der Waals surface area contributed by atoms with E-state index in [9.17, 15) is 4.79 Å². The van der Waals surface area contributed by atoms with E-state index >= 15 is 0 Å². The fourth-order valence-corrected chi connectivity index (χ4v) is 4.20. The fraction of sp³-hybridized carbons (Fsp3) is 0.571. The van der Waals surface area contributed by atoms with Crippen LogP contribution in [0.5, 0.6) is 0 Å². The van der Waals surface area contributed by atoms with E-state index in [1.165, 1.54) is 32.1 Å². The lowest BCUT2D eigenvalue weighted by molar-refractivity contribution is 0.0928. The molecule has 6 heteroatoms. The lowest BCUT2D eigenvalue weighted by atomic mass is 9.95. The van der Waals surface area contributed by atoms with Gasteiger partial charge in [0, 0.05) is 24.7 Å². The van der Waals surface area contributed by atoms with Crippen molar-refractivity contribution in [3.05, 3.63) is 41.5 Å². The highest BCUT2D eigenvalue weighted by Crippen LogP contribution is 2.26. The first-order valence-corrected chi connectivity index (χ1v) is 10.3. The first-order chi connectivity index (χ1) is 13.2. The highest BCUT2D eigenvalue weighted by Gasteiger charge is 2.26. The second-order valence-corrected chi connectivity index (χ2v) is 7.66. The molecule has 2 aromatic rings. The molecule has 4 rings (SSSR count). The molecule has 6 nitrogen and oxygen atoms in total. The molecule has 1 aromatic heterocycles. The van der Waals surface area contributed by atoms with Crippen LogP contribution in [0.1, 0.15) is 79.9 Å². The summed E-state index contributed by atoms with van der Waals surface area (Å²) in [6.07, 6.45) is 8.95. The van der Waals surface area contributed by atoms with Crippen molar-refractivity contribution in [1.82, 2.24) is 20.1 Å². The number of hydrogen-bond acceptors (Lipinski definition) is 4. The smallest absolute Gasteiger partial charge is 0.253 e. The molecular weight excluding hydrogens is 338 g/mol. The number of hydrogen-bond donors (Lipinski definition) is 2. The van der Waals surface area contributed by atoms with Crippen molar-refractivity contribution in [3.8, 4) is 0 Å². The number of carbonyl (C=O) groups is 1. The van der Waals surface area contributed by atoms with Crippen LogP contribution in [0.2, 0.25) is 0 Å². The molecule has 1 unspecified atom stereocenters. The number of aromatic nitrogens is 3. The highest BCUT2D eigenvalue weighted by molar-refractivity contribution is 5.99. The Balaban J connectivity index is 1.50. The van der Waals surface area contributed by atoms with E-state index in [1.807, 2.05) is 28.9 Å². The van der Waals surface area contributed by atoms with Gasteiger partial charge < -0.3 is 10.6 Å². The molecule has 0 saturated heterocycles. The summed E-state index contributed by atoms with van der Waals surface area (Å²) in [5.41, 5.74) is 1.66. The minimum atomic E-state index is -0.0678. The normalized spacial score (nSPS) is 20.1. The molecule has 0 spiro atoms. The van der Waals surface area contributed by atoms with E-state index in [1.54, 1.807) is 0 Å². The van der Waals surface area contributed by atoms with Crippen molar-refractivity contribution in [1.29, 1.82) is 0 Å². The van der Waals surface area contributed by atoms with Crippen LogP contribution in [0.25, 0.3) is 0 Å². The van der Waals surface area contributed by atoms with Gasteiger partial charge in [-0.2, -0.15) is 5.10 Å². The summed E-state index contributed by atoms with van der Waals surface area (Å²) in [5, 5.41) is 11.3. The van der Waals surface area contributed by atoms with E-state index in [0.717, 1.165) is 48.7 Å². The molecule has 1 aliphatic heterocycles. The quantitative estimate of drug-likeness (QED) is 0.842. The zero-order valence-electron chi connectivity index (χ0n) is 16.1. The molecular formula is C21H29N5O. The van der Waals surface area contributed by atoms with Gasteiger partial charge >= 0.3 is 0 Å². The molecule has 1 aliphatic carbocycles. The molecule has 1 amide bonds. The van der Waals surface area contributed by atoms with Crippen LogP contribution in [0, 0.1) is 0 Å². The Bertz CT molecular complexity index is 794. The number of nitrogens with one attached hydrogen (secondary N) is 2. The minimum absolute atomic E-state index is 0.0339. The van der Waals surface area contributed by atoms with Crippen LogP contribution in [0.3, 0.4) is 0 Å². The van der Waals surface area contributed by atoms with Crippen LogP contribution in [-0.4, -0.2) is 26.7 Å². The van der Waals surface area contributed by atoms with Gasteiger partial charge in [-0.1, -0.05) is 38.3 Å². The molecule has 2 heterocycles. The number of benzene rings is 1. The van der Waals surface area contributed by atoms with Crippen molar-refractivity contribution in [2.45, 2.75) is 76.9 Å². The van der Waals surface area contributed by atoms with E-state index in [2.05, 4.69) is 27.6 Å². The van der Waals surface area contributed by atoms with Crippen LogP contribution in [-0.2, 0) is 13.0 Å². The third-order valence-electron chi connectivity index (χ3n) is 5.68. The number of aryl methyl sites for hydroxylation is 2. The predicted octanol–water partition coefficient (Wildman–Crippen LogP) is 3.85. The lowest BCUT2D eigenvalue weighted by Crippen LogP contribution is -2.34. The van der Waals surface area contributed by atoms with Crippen molar-refractivity contribution in [2.24, 2.45) is 0 Å². The van der Waals surface area contributed by atoms with Crippen molar-refractivity contribution >= 4 is 11.6 Å². The third-order valence-corrected chi connectivity index (χ3v) is 5.68. The maximum Gasteiger partial charge on any atom is 0.253 e.